The van der Waals surface area contributed by atoms with Gasteiger partial charge < -0.3 is 9.47 Å². The van der Waals surface area contributed by atoms with Gasteiger partial charge in [0.2, 0.25) is 0 Å². The molecule has 0 saturated heterocycles. The van der Waals surface area contributed by atoms with Gasteiger partial charge in [-0.3, -0.25) is 0 Å². The molecule has 0 heterocycles. The summed E-state index contributed by atoms with van der Waals surface area (Å²) in [7, 11) is 0. The van der Waals surface area contributed by atoms with Crippen LogP contribution in [0.25, 0.3) is 0 Å². The number of hydrogen-bond acceptors (Lipinski definition) is 4. The van der Waals surface area contributed by atoms with Crippen molar-refractivity contribution in [3.63, 3.8) is 0 Å². The topological polar surface area (TPSA) is 52.6 Å². The standard InChI is InChI=1S/C18H32O4/c1-7-9-15(8-2)10-16(17(19)21-11-13(3)4)18(20)22-12-14(5)6/h10,13-15H,7-9,11-12H2,1-6H3. The summed E-state index contributed by atoms with van der Waals surface area (Å²) >= 11 is 0. The quantitative estimate of drug-likeness (QED) is 0.263. The number of ether oxygens (including phenoxy) is 2. The van der Waals surface area contributed by atoms with Crippen LogP contribution in [0.15, 0.2) is 11.6 Å². The molecule has 0 bridgehead atoms. The first-order chi connectivity index (χ1) is 10.3. The summed E-state index contributed by atoms with van der Waals surface area (Å²) in [5, 5.41) is 0. The second-order valence-electron chi connectivity index (χ2n) is 6.52. The molecule has 0 saturated carbocycles. The normalized spacial score (nSPS) is 12.2. The van der Waals surface area contributed by atoms with Crippen LogP contribution >= 0.6 is 0 Å². The lowest BCUT2D eigenvalue weighted by atomic mass is 9.97. The molecule has 0 aliphatic carbocycles. The third kappa shape index (κ3) is 8.85. The average Bonchev–Trinajstić information content (AvgIpc) is 2.46. The molecule has 0 rings (SSSR count). The Hall–Kier alpha value is -1.32. The van der Waals surface area contributed by atoms with Crippen molar-refractivity contribution >= 4 is 11.9 Å². The van der Waals surface area contributed by atoms with Crippen molar-refractivity contribution < 1.29 is 19.1 Å². The van der Waals surface area contributed by atoms with E-state index in [2.05, 4.69) is 6.92 Å². The van der Waals surface area contributed by atoms with Crippen LogP contribution in [0.2, 0.25) is 0 Å². The molecule has 0 aliphatic rings. The van der Waals surface area contributed by atoms with Gasteiger partial charge in [0.15, 0.2) is 0 Å². The summed E-state index contributed by atoms with van der Waals surface area (Å²) in [6.07, 6.45) is 4.56. The van der Waals surface area contributed by atoms with E-state index in [-0.39, 0.29) is 23.3 Å². The highest BCUT2D eigenvalue weighted by molar-refractivity contribution is 6.14. The van der Waals surface area contributed by atoms with Crippen LogP contribution in [0, 0.1) is 17.8 Å². The van der Waals surface area contributed by atoms with Crippen LogP contribution in [0.4, 0.5) is 0 Å². The summed E-state index contributed by atoms with van der Waals surface area (Å²) in [6.45, 7) is 12.6. The highest BCUT2D eigenvalue weighted by atomic mass is 16.6. The van der Waals surface area contributed by atoms with Gasteiger partial charge >= 0.3 is 11.9 Å². The van der Waals surface area contributed by atoms with E-state index in [1.54, 1.807) is 6.08 Å². The highest BCUT2D eigenvalue weighted by Crippen LogP contribution is 2.17. The van der Waals surface area contributed by atoms with Gasteiger partial charge in [-0.15, -0.1) is 0 Å². The van der Waals surface area contributed by atoms with Gasteiger partial charge in [-0.1, -0.05) is 54.0 Å². The van der Waals surface area contributed by atoms with E-state index >= 15 is 0 Å². The van der Waals surface area contributed by atoms with Gasteiger partial charge in [-0.2, -0.15) is 0 Å². The lowest BCUT2D eigenvalue weighted by Crippen LogP contribution is -2.22. The lowest BCUT2D eigenvalue weighted by molar-refractivity contribution is -0.148. The monoisotopic (exact) mass is 312 g/mol. The van der Waals surface area contributed by atoms with E-state index in [0.29, 0.717) is 13.2 Å². The Bertz CT molecular complexity index is 343. The van der Waals surface area contributed by atoms with Gasteiger partial charge in [0.25, 0.3) is 0 Å². The van der Waals surface area contributed by atoms with Crippen LogP contribution in [0.1, 0.15) is 60.8 Å². The fourth-order valence-electron chi connectivity index (χ4n) is 1.87. The Labute approximate surface area is 135 Å². The van der Waals surface area contributed by atoms with Gasteiger partial charge in [0, 0.05) is 0 Å². The fraction of sp³-hybridized carbons (Fsp3) is 0.778. The third-order valence-corrected chi connectivity index (χ3v) is 3.12. The molecule has 0 aromatic rings. The second-order valence-corrected chi connectivity index (χ2v) is 6.52. The summed E-state index contributed by atoms with van der Waals surface area (Å²) in [5.41, 5.74) is 0.0431. The van der Waals surface area contributed by atoms with E-state index in [4.69, 9.17) is 9.47 Å². The Kier molecular flexibility index (Phi) is 10.6. The summed E-state index contributed by atoms with van der Waals surface area (Å²) in [5.74, 6) is -0.490. The van der Waals surface area contributed by atoms with Gasteiger partial charge in [-0.25, -0.2) is 9.59 Å². The zero-order chi connectivity index (χ0) is 17.1. The maximum atomic E-state index is 12.2. The molecule has 0 aliphatic heterocycles. The van der Waals surface area contributed by atoms with Gasteiger partial charge in [0.05, 0.1) is 13.2 Å². The smallest absolute Gasteiger partial charge is 0.345 e. The molecule has 4 heteroatoms. The summed E-state index contributed by atoms with van der Waals surface area (Å²) in [4.78, 5) is 24.4. The number of rotatable bonds is 10. The molecule has 0 aromatic carbocycles. The predicted molar refractivity (Wildman–Crippen MR) is 88.4 cm³/mol. The molecule has 0 N–H and O–H groups in total. The zero-order valence-corrected chi connectivity index (χ0v) is 15.0. The fourth-order valence-corrected chi connectivity index (χ4v) is 1.87. The molecular weight excluding hydrogens is 280 g/mol. The van der Waals surface area contributed by atoms with Crippen LogP contribution < -0.4 is 0 Å². The largest absolute Gasteiger partial charge is 0.462 e. The molecule has 1 atom stereocenters. The number of hydrogen-bond donors (Lipinski definition) is 0. The van der Waals surface area contributed by atoms with Crippen molar-refractivity contribution in [3.05, 3.63) is 11.6 Å². The number of esters is 2. The zero-order valence-electron chi connectivity index (χ0n) is 15.0. The molecule has 0 aromatic heterocycles. The molecule has 0 fully saturated rings. The minimum Gasteiger partial charge on any atom is -0.462 e. The van der Waals surface area contributed by atoms with Crippen molar-refractivity contribution in [2.24, 2.45) is 17.8 Å². The summed E-state index contributed by atoms with van der Waals surface area (Å²) in [6, 6.07) is 0. The van der Waals surface area contributed by atoms with E-state index in [0.717, 1.165) is 19.3 Å². The molecule has 4 nitrogen and oxygen atoms in total. The highest BCUT2D eigenvalue weighted by Gasteiger charge is 2.23. The van der Waals surface area contributed by atoms with Crippen LogP contribution in [-0.4, -0.2) is 25.2 Å². The van der Waals surface area contributed by atoms with Gasteiger partial charge in [0.1, 0.15) is 5.57 Å². The van der Waals surface area contributed by atoms with E-state index in [1.807, 2.05) is 34.6 Å². The van der Waals surface area contributed by atoms with Crippen molar-refractivity contribution in [3.8, 4) is 0 Å². The van der Waals surface area contributed by atoms with E-state index < -0.39 is 11.9 Å². The number of carbonyl (C=O) groups is 2. The summed E-state index contributed by atoms with van der Waals surface area (Å²) < 4.78 is 10.4. The maximum Gasteiger partial charge on any atom is 0.345 e. The Morgan fingerprint density at radius 2 is 1.36 bits per heavy atom. The first kappa shape index (κ1) is 20.7. The number of carbonyl (C=O) groups excluding carboxylic acids is 2. The molecule has 0 radical (unpaired) electrons. The molecule has 1 unspecified atom stereocenters. The first-order valence-corrected chi connectivity index (χ1v) is 8.37. The molecule has 128 valence electrons. The third-order valence-electron chi connectivity index (χ3n) is 3.12. The van der Waals surface area contributed by atoms with Crippen molar-refractivity contribution in [2.45, 2.75) is 60.8 Å². The Morgan fingerprint density at radius 3 is 1.68 bits per heavy atom. The first-order valence-electron chi connectivity index (χ1n) is 8.37. The van der Waals surface area contributed by atoms with Crippen LogP contribution in [0.5, 0.6) is 0 Å². The minimum absolute atomic E-state index is 0.0431. The van der Waals surface area contributed by atoms with Crippen molar-refractivity contribution in [1.82, 2.24) is 0 Å². The van der Waals surface area contributed by atoms with Crippen molar-refractivity contribution in [2.75, 3.05) is 13.2 Å². The Balaban J connectivity index is 5.06. The van der Waals surface area contributed by atoms with Crippen LogP contribution in [-0.2, 0) is 19.1 Å². The molecule has 22 heavy (non-hydrogen) atoms. The predicted octanol–water partition coefficient (Wildman–Crippen LogP) is 4.14. The second kappa shape index (κ2) is 11.3. The molecular formula is C18H32O4. The minimum atomic E-state index is -0.572. The SMILES string of the molecule is CCCC(C=C(C(=O)OCC(C)C)C(=O)OCC(C)C)CC. The maximum absolute atomic E-state index is 12.2. The van der Waals surface area contributed by atoms with Crippen molar-refractivity contribution in [1.29, 1.82) is 0 Å². The Morgan fingerprint density at radius 1 is 0.909 bits per heavy atom. The van der Waals surface area contributed by atoms with E-state index in [9.17, 15) is 9.59 Å². The molecule has 0 amide bonds. The van der Waals surface area contributed by atoms with Gasteiger partial charge in [-0.05, 0) is 30.6 Å². The molecule has 0 spiro atoms. The van der Waals surface area contributed by atoms with E-state index in [1.165, 1.54) is 0 Å². The number of allylic oxidation sites excluding steroid dienone is 1. The average molecular weight is 312 g/mol. The lowest BCUT2D eigenvalue weighted by Gasteiger charge is -2.14. The van der Waals surface area contributed by atoms with Crippen LogP contribution in [0.3, 0.4) is 0 Å².